The van der Waals surface area contributed by atoms with E-state index >= 15 is 0 Å². The molecule has 0 aliphatic carbocycles. The van der Waals surface area contributed by atoms with Crippen LogP contribution in [-0.4, -0.2) is 43.3 Å². The molecule has 2 nitrogen and oxygen atoms in total. The van der Waals surface area contributed by atoms with Crippen molar-refractivity contribution < 1.29 is 13.2 Å². The lowest BCUT2D eigenvalue weighted by Gasteiger charge is -2.33. The molecule has 0 unspecified atom stereocenters. The minimum Gasteiger partial charge on any atom is -0.314 e. The molecule has 1 heterocycles. The summed E-state index contributed by atoms with van der Waals surface area (Å²) in [7, 11) is 0. The number of nitrogens with one attached hydrogen (secondary N) is 1. The minimum atomic E-state index is -4.06. The Morgan fingerprint density at radius 1 is 1.11 bits per heavy atom. The first kappa shape index (κ1) is 15.8. The Labute approximate surface area is 108 Å². The molecule has 0 bridgehead atoms. The standard InChI is InChI=1S/C13H25F3N2/c1-12(2,3)6-7-17-11-4-8-18(9-5-11)10-13(14,15)16/h11,17H,4-10H2,1-3H3. The molecule has 1 fully saturated rings. The molecule has 1 rings (SSSR count). The highest BCUT2D eigenvalue weighted by Gasteiger charge is 2.32. The lowest BCUT2D eigenvalue weighted by atomic mass is 9.92. The lowest BCUT2D eigenvalue weighted by Crippen LogP contribution is -2.46. The van der Waals surface area contributed by atoms with Gasteiger partial charge in [-0.05, 0) is 44.3 Å². The number of hydrogen-bond acceptors (Lipinski definition) is 2. The molecule has 108 valence electrons. The van der Waals surface area contributed by atoms with E-state index in [1.54, 1.807) is 0 Å². The second kappa shape index (κ2) is 6.24. The molecule has 18 heavy (non-hydrogen) atoms. The van der Waals surface area contributed by atoms with Gasteiger partial charge in [-0.1, -0.05) is 20.8 Å². The molecule has 0 aromatic rings. The molecule has 0 aromatic carbocycles. The van der Waals surface area contributed by atoms with Crippen LogP contribution in [0.15, 0.2) is 0 Å². The number of halogens is 3. The second-order valence-electron chi connectivity index (χ2n) is 6.43. The fourth-order valence-corrected chi connectivity index (χ4v) is 2.20. The summed E-state index contributed by atoms with van der Waals surface area (Å²) in [4.78, 5) is 1.50. The van der Waals surface area contributed by atoms with Crippen molar-refractivity contribution >= 4 is 0 Å². The molecular formula is C13H25F3N2. The molecule has 0 saturated carbocycles. The maximum Gasteiger partial charge on any atom is 0.401 e. The Hall–Kier alpha value is -0.290. The SMILES string of the molecule is CC(C)(C)CCNC1CCN(CC(F)(F)F)CC1. The Morgan fingerprint density at radius 3 is 2.11 bits per heavy atom. The summed E-state index contributed by atoms with van der Waals surface area (Å²) in [6.45, 7) is 7.87. The van der Waals surface area contributed by atoms with Gasteiger partial charge in [0.1, 0.15) is 0 Å². The number of likely N-dealkylation sites (tertiary alicyclic amines) is 1. The molecule has 1 aliphatic heterocycles. The third-order valence-corrected chi connectivity index (χ3v) is 3.30. The van der Waals surface area contributed by atoms with Crippen LogP contribution in [0.5, 0.6) is 0 Å². The minimum absolute atomic E-state index is 0.310. The normalized spacial score (nSPS) is 20.3. The maximum atomic E-state index is 12.2. The predicted octanol–water partition coefficient (Wildman–Crippen LogP) is 3.04. The highest BCUT2D eigenvalue weighted by molar-refractivity contribution is 4.79. The fourth-order valence-electron chi connectivity index (χ4n) is 2.20. The average molecular weight is 266 g/mol. The van der Waals surface area contributed by atoms with Crippen LogP contribution >= 0.6 is 0 Å². The van der Waals surface area contributed by atoms with Gasteiger partial charge in [0, 0.05) is 6.04 Å². The topological polar surface area (TPSA) is 15.3 Å². The van der Waals surface area contributed by atoms with Crippen LogP contribution in [0.25, 0.3) is 0 Å². The first-order chi connectivity index (χ1) is 8.16. The largest absolute Gasteiger partial charge is 0.401 e. The van der Waals surface area contributed by atoms with E-state index < -0.39 is 12.7 Å². The highest BCUT2D eigenvalue weighted by Crippen LogP contribution is 2.20. The summed E-state index contributed by atoms with van der Waals surface area (Å²) >= 11 is 0. The summed E-state index contributed by atoms with van der Waals surface area (Å²) in [6.07, 6.45) is -1.33. The Morgan fingerprint density at radius 2 is 1.67 bits per heavy atom. The van der Waals surface area contributed by atoms with Crippen molar-refractivity contribution in [2.75, 3.05) is 26.2 Å². The van der Waals surface area contributed by atoms with E-state index in [1.807, 2.05) is 0 Å². The van der Waals surface area contributed by atoms with Gasteiger partial charge in [0.2, 0.25) is 0 Å². The smallest absolute Gasteiger partial charge is 0.314 e. The number of piperidine rings is 1. The number of alkyl halides is 3. The van der Waals surface area contributed by atoms with Crippen LogP contribution in [0.4, 0.5) is 13.2 Å². The monoisotopic (exact) mass is 266 g/mol. The molecular weight excluding hydrogens is 241 g/mol. The average Bonchev–Trinajstić information content (AvgIpc) is 2.16. The summed E-state index contributed by atoms with van der Waals surface area (Å²) in [5, 5.41) is 3.45. The van der Waals surface area contributed by atoms with Gasteiger partial charge < -0.3 is 5.32 Å². The summed E-state index contributed by atoms with van der Waals surface area (Å²) in [6, 6.07) is 0.386. The molecule has 0 aromatic heterocycles. The van der Waals surface area contributed by atoms with Crippen molar-refractivity contribution in [2.24, 2.45) is 5.41 Å². The van der Waals surface area contributed by atoms with E-state index in [2.05, 4.69) is 26.1 Å². The number of rotatable bonds is 4. The quantitative estimate of drug-likeness (QED) is 0.841. The summed E-state index contributed by atoms with van der Waals surface area (Å²) in [5.41, 5.74) is 0.310. The van der Waals surface area contributed by atoms with Gasteiger partial charge in [0.05, 0.1) is 6.54 Å². The van der Waals surface area contributed by atoms with E-state index in [1.165, 1.54) is 4.90 Å². The van der Waals surface area contributed by atoms with Crippen LogP contribution < -0.4 is 5.32 Å². The van der Waals surface area contributed by atoms with Crippen molar-refractivity contribution in [3.05, 3.63) is 0 Å². The molecule has 1 aliphatic rings. The van der Waals surface area contributed by atoms with Crippen molar-refractivity contribution in [1.29, 1.82) is 0 Å². The third kappa shape index (κ3) is 7.21. The molecule has 0 amide bonds. The molecule has 1 saturated heterocycles. The molecule has 0 radical (unpaired) electrons. The van der Waals surface area contributed by atoms with Gasteiger partial charge in [-0.2, -0.15) is 13.2 Å². The van der Waals surface area contributed by atoms with Crippen LogP contribution in [0.1, 0.15) is 40.0 Å². The van der Waals surface area contributed by atoms with Crippen molar-refractivity contribution in [3.63, 3.8) is 0 Å². The van der Waals surface area contributed by atoms with Crippen molar-refractivity contribution in [2.45, 2.75) is 52.3 Å². The van der Waals surface area contributed by atoms with Crippen LogP contribution in [-0.2, 0) is 0 Å². The third-order valence-electron chi connectivity index (χ3n) is 3.30. The van der Waals surface area contributed by atoms with Crippen molar-refractivity contribution in [1.82, 2.24) is 10.2 Å². The zero-order valence-corrected chi connectivity index (χ0v) is 11.6. The van der Waals surface area contributed by atoms with Crippen LogP contribution in [0.2, 0.25) is 0 Å². The molecule has 5 heteroatoms. The molecule has 1 N–H and O–H groups in total. The van der Waals surface area contributed by atoms with Crippen LogP contribution in [0, 0.1) is 5.41 Å². The number of hydrogen-bond donors (Lipinski definition) is 1. The first-order valence-corrected chi connectivity index (χ1v) is 6.68. The van der Waals surface area contributed by atoms with E-state index in [0.717, 1.165) is 25.8 Å². The fraction of sp³-hybridized carbons (Fsp3) is 1.00. The first-order valence-electron chi connectivity index (χ1n) is 6.68. The predicted molar refractivity (Wildman–Crippen MR) is 67.6 cm³/mol. The van der Waals surface area contributed by atoms with Crippen molar-refractivity contribution in [3.8, 4) is 0 Å². The maximum absolute atomic E-state index is 12.2. The Balaban J connectivity index is 2.16. The van der Waals surface area contributed by atoms with Gasteiger partial charge in [0.15, 0.2) is 0 Å². The van der Waals surface area contributed by atoms with Gasteiger partial charge >= 0.3 is 6.18 Å². The second-order valence-corrected chi connectivity index (χ2v) is 6.43. The zero-order chi connectivity index (χ0) is 13.8. The van der Waals surface area contributed by atoms with Gasteiger partial charge in [0.25, 0.3) is 0 Å². The summed E-state index contributed by atoms with van der Waals surface area (Å²) < 4.78 is 36.6. The Kier molecular flexibility index (Phi) is 5.46. The van der Waals surface area contributed by atoms with Gasteiger partial charge in [-0.25, -0.2) is 0 Å². The van der Waals surface area contributed by atoms with Gasteiger partial charge in [-0.15, -0.1) is 0 Å². The summed E-state index contributed by atoms with van der Waals surface area (Å²) in [5.74, 6) is 0. The Bertz CT molecular complexity index is 238. The molecule has 0 atom stereocenters. The lowest BCUT2D eigenvalue weighted by molar-refractivity contribution is -0.148. The van der Waals surface area contributed by atoms with E-state index in [4.69, 9.17) is 0 Å². The van der Waals surface area contributed by atoms with Gasteiger partial charge in [-0.3, -0.25) is 4.90 Å². The van der Waals surface area contributed by atoms with E-state index in [9.17, 15) is 13.2 Å². The van der Waals surface area contributed by atoms with E-state index in [0.29, 0.717) is 24.5 Å². The zero-order valence-electron chi connectivity index (χ0n) is 11.6. The number of nitrogens with zero attached hydrogens (tertiary/aromatic N) is 1. The van der Waals surface area contributed by atoms with Crippen LogP contribution in [0.3, 0.4) is 0 Å². The van der Waals surface area contributed by atoms with E-state index in [-0.39, 0.29) is 0 Å². The highest BCUT2D eigenvalue weighted by atomic mass is 19.4. The molecule has 0 spiro atoms.